The highest BCUT2D eigenvalue weighted by atomic mass is 32.2. The molecule has 1 unspecified atom stereocenters. The summed E-state index contributed by atoms with van der Waals surface area (Å²) in [5.74, 6) is 0. The molecule has 0 aliphatic heterocycles. The first-order valence-corrected chi connectivity index (χ1v) is 8.00. The lowest BCUT2D eigenvalue weighted by atomic mass is 10.2. The molecule has 2 aromatic heterocycles. The molecule has 0 bridgehead atoms. The highest BCUT2D eigenvalue weighted by molar-refractivity contribution is 7.89. The van der Waals surface area contributed by atoms with Crippen LogP contribution in [0, 0.1) is 0 Å². The van der Waals surface area contributed by atoms with E-state index in [-0.39, 0.29) is 17.5 Å². The Labute approximate surface area is 116 Å². The minimum absolute atomic E-state index is 0.148. The van der Waals surface area contributed by atoms with Gasteiger partial charge in [-0.2, -0.15) is 11.3 Å². The van der Waals surface area contributed by atoms with Gasteiger partial charge in [-0.05, 0) is 34.5 Å². The van der Waals surface area contributed by atoms with Crippen molar-refractivity contribution >= 4 is 21.4 Å². The van der Waals surface area contributed by atoms with Crippen LogP contribution in [0.2, 0.25) is 0 Å². The summed E-state index contributed by atoms with van der Waals surface area (Å²) in [4.78, 5) is 3.95. The van der Waals surface area contributed by atoms with Crippen molar-refractivity contribution in [1.82, 2.24) is 9.71 Å². The lowest BCUT2D eigenvalue weighted by molar-refractivity contribution is 0.107. The van der Waals surface area contributed by atoms with E-state index in [1.54, 1.807) is 24.5 Å². The van der Waals surface area contributed by atoms with Crippen molar-refractivity contribution in [3.8, 4) is 0 Å². The van der Waals surface area contributed by atoms with Crippen LogP contribution in [0.3, 0.4) is 0 Å². The van der Waals surface area contributed by atoms with Crippen molar-refractivity contribution in [2.45, 2.75) is 11.0 Å². The maximum Gasteiger partial charge on any atom is 0.242 e. The summed E-state index contributed by atoms with van der Waals surface area (Å²) >= 11 is 1.55. The smallest absolute Gasteiger partial charge is 0.242 e. The van der Waals surface area contributed by atoms with Gasteiger partial charge in [0.05, 0.1) is 6.10 Å². The van der Waals surface area contributed by atoms with Crippen LogP contribution < -0.4 is 4.72 Å². The number of pyridine rings is 1. The second-order valence-corrected chi connectivity index (χ2v) is 6.37. The van der Waals surface area contributed by atoms with Crippen LogP contribution >= 0.6 is 11.3 Å². The van der Waals surface area contributed by atoms with E-state index in [2.05, 4.69) is 9.71 Å². The van der Waals surface area contributed by atoms with Gasteiger partial charge in [-0.15, -0.1) is 0 Å². The molecule has 0 saturated heterocycles. The fourth-order valence-electron chi connectivity index (χ4n) is 1.57. The minimum atomic E-state index is -3.55. The molecule has 0 aromatic carbocycles. The van der Waals surface area contributed by atoms with Crippen molar-refractivity contribution in [3.63, 3.8) is 0 Å². The summed E-state index contributed by atoms with van der Waals surface area (Å²) in [5, 5.41) is 3.86. The normalized spacial score (nSPS) is 13.3. The van der Waals surface area contributed by atoms with Gasteiger partial charge in [0, 0.05) is 26.0 Å². The van der Waals surface area contributed by atoms with Gasteiger partial charge < -0.3 is 4.74 Å². The molecule has 7 heteroatoms. The SMILES string of the molecule is COC(CNS(=O)(=O)c1cccnc1)c1ccsc1. The molecule has 0 radical (unpaired) electrons. The lowest BCUT2D eigenvalue weighted by Gasteiger charge is -2.15. The van der Waals surface area contributed by atoms with E-state index in [4.69, 9.17) is 4.74 Å². The zero-order valence-corrected chi connectivity index (χ0v) is 11.9. The Morgan fingerprint density at radius 1 is 1.47 bits per heavy atom. The molecule has 0 fully saturated rings. The molecule has 0 aliphatic rings. The molecule has 0 saturated carbocycles. The Balaban J connectivity index is 2.06. The number of ether oxygens (including phenoxy) is 1. The van der Waals surface area contributed by atoms with E-state index in [1.807, 2.05) is 16.8 Å². The second-order valence-electron chi connectivity index (χ2n) is 3.82. The Morgan fingerprint density at radius 3 is 2.89 bits per heavy atom. The maximum atomic E-state index is 12.0. The average molecular weight is 298 g/mol. The molecule has 19 heavy (non-hydrogen) atoms. The molecule has 2 rings (SSSR count). The molecular formula is C12H14N2O3S2. The Bertz CT molecular complexity index is 597. The van der Waals surface area contributed by atoms with Gasteiger partial charge >= 0.3 is 0 Å². The van der Waals surface area contributed by atoms with E-state index >= 15 is 0 Å². The molecular weight excluding hydrogens is 284 g/mol. The zero-order chi connectivity index (χ0) is 13.7. The van der Waals surface area contributed by atoms with Crippen LogP contribution in [0.5, 0.6) is 0 Å². The number of hydrogen-bond acceptors (Lipinski definition) is 5. The minimum Gasteiger partial charge on any atom is -0.375 e. The number of nitrogens with one attached hydrogen (secondary N) is 1. The number of nitrogens with zero attached hydrogens (tertiary/aromatic N) is 1. The molecule has 0 aliphatic carbocycles. The van der Waals surface area contributed by atoms with E-state index in [0.29, 0.717) is 0 Å². The summed E-state index contributed by atoms with van der Waals surface area (Å²) in [6.07, 6.45) is 2.55. The van der Waals surface area contributed by atoms with Gasteiger partial charge in [-0.25, -0.2) is 13.1 Å². The topological polar surface area (TPSA) is 68.3 Å². The van der Waals surface area contributed by atoms with E-state index < -0.39 is 10.0 Å². The van der Waals surface area contributed by atoms with Gasteiger partial charge in [0.15, 0.2) is 0 Å². The number of methoxy groups -OCH3 is 1. The molecule has 1 atom stereocenters. The van der Waals surface area contributed by atoms with Gasteiger partial charge in [0.1, 0.15) is 4.90 Å². The number of hydrogen-bond donors (Lipinski definition) is 1. The van der Waals surface area contributed by atoms with Crippen molar-refractivity contribution < 1.29 is 13.2 Å². The molecule has 2 heterocycles. The van der Waals surface area contributed by atoms with E-state index in [0.717, 1.165) is 5.56 Å². The monoisotopic (exact) mass is 298 g/mol. The average Bonchev–Trinajstić information content (AvgIpc) is 2.94. The van der Waals surface area contributed by atoms with Crippen LogP contribution in [0.1, 0.15) is 11.7 Å². The summed E-state index contributed by atoms with van der Waals surface area (Å²) < 4.78 is 31.9. The summed E-state index contributed by atoms with van der Waals surface area (Å²) in [6.45, 7) is 0.185. The summed E-state index contributed by atoms with van der Waals surface area (Å²) in [7, 11) is -1.99. The van der Waals surface area contributed by atoms with Crippen LogP contribution in [0.15, 0.2) is 46.2 Å². The molecule has 0 spiro atoms. The first kappa shape index (κ1) is 14.1. The van der Waals surface area contributed by atoms with Gasteiger partial charge in [-0.1, -0.05) is 0 Å². The van der Waals surface area contributed by atoms with Crippen LogP contribution in [0.25, 0.3) is 0 Å². The Kier molecular flexibility index (Phi) is 4.65. The van der Waals surface area contributed by atoms with E-state index in [1.165, 1.54) is 18.5 Å². The molecule has 102 valence electrons. The highest BCUT2D eigenvalue weighted by Crippen LogP contribution is 2.19. The fraction of sp³-hybridized carbons (Fsp3) is 0.250. The third kappa shape index (κ3) is 3.60. The molecule has 0 amide bonds. The van der Waals surface area contributed by atoms with Crippen molar-refractivity contribution in [3.05, 3.63) is 46.9 Å². The quantitative estimate of drug-likeness (QED) is 0.883. The predicted molar refractivity (Wildman–Crippen MR) is 73.5 cm³/mol. The van der Waals surface area contributed by atoms with Gasteiger partial charge in [-0.3, -0.25) is 4.98 Å². The zero-order valence-electron chi connectivity index (χ0n) is 10.3. The maximum absolute atomic E-state index is 12.0. The number of sulfonamides is 1. The largest absolute Gasteiger partial charge is 0.375 e. The van der Waals surface area contributed by atoms with Gasteiger partial charge in [0.25, 0.3) is 0 Å². The van der Waals surface area contributed by atoms with E-state index in [9.17, 15) is 8.42 Å². The van der Waals surface area contributed by atoms with Crippen LogP contribution in [-0.2, 0) is 14.8 Å². The lowest BCUT2D eigenvalue weighted by Crippen LogP contribution is -2.29. The third-order valence-corrected chi connectivity index (χ3v) is 4.71. The van der Waals surface area contributed by atoms with Crippen molar-refractivity contribution in [2.24, 2.45) is 0 Å². The van der Waals surface area contributed by atoms with Crippen molar-refractivity contribution in [2.75, 3.05) is 13.7 Å². The van der Waals surface area contributed by atoms with Gasteiger partial charge in [0.2, 0.25) is 10.0 Å². The Hall–Kier alpha value is -1.28. The number of thiophene rings is 1. The summed E-state index contributed by atoms with van der Waals surface area (Å²) in [5.41, 5.74) is 0.960. The third-order valence-electron chi connectivity index (χ3n) is 2.60. The highest BCUT2D eigenvalue weighted by Gasteiger charge is 2.18. The standard InChI is InChI=1S/C12H14N2O3S2/c1-17-12(10-4-6-18-9-10)8-14-19(15,16)11-3-2-5-13-7-11/h2-7,9,12,14H,8H2,1H3. The fourth-order valence-corrected chi connectivity index (χ4v) is 3.27. The second kappa shape index (κ2) is 6.25. The Morgan fingerprint density at radius 2 is 2.32 bits per heavy atom. The van der Waals surface area contributed by atoms with Crippen molar-refractivity contribution in [1.29, 1.82) is 0 Å². The van der Waals surface area contributed by atoms with Crippen LogP contribution in [0.4, 0.5) is 0 Å². The number of aromatic nitrogens is 1. The summed E-state index contributed by atoms with van der Waals surface area (Å²) in [6, 6.07) is 5.00. The molecule has 1 N–H and O–H groups in total. The first-order valence-electron chi connectivity index (χ1n) is 5.58. The number of rotatable bonds is 6. The molecule has 2 aromatic rings. The first-order chi connectivity index (χ1) is 9.13. The molecule has 5 nitrogen and oxygen atoms in total. The predicted octanol–water partition coefficient (Wildman–Crippen LogP) is 1.81. The van der Waals surface area contributed by atoms with Crippen LogP contribution in [-0.4, -0.2) is 27.1 Å².